The third kappa shape index (κ3) is 4.31. The first-order chi connectivity index (χ1) is 12.9. The summed E-state index contributed by atoms with van der Waals surface area (Å²) in [6.45, 7) is 1.85. The molecular weight excluding hydrogens is 389 g/mol. The molecule has 0 aliphatic carbocycles. The number of carbonyl (C=O) groups is 2. The highest BCUT2D eigenvalue weighted by molar-refractivity contribution is 8.15. The van der Waals surface area contributed by atoms with Crippen molar-refractivity contribution in [2.75, 3.05) is 17.3 Å². The van der Waals surface area contributed by atoms with Crippen molar-refractivity contribution in [3.63, 3.8) is 0 Å². The first kappa shape index (κ1) is 19.4. The van der Waals surface area contributed by atoms with Crippen LogP contribution in [0.25, 0.3) is 0 Å². The monoisotopic (exact) mass is 405 g/mol. The number of anilines is 2. The van der Waals surface area contributed by atoms with Crippen molar-refractivity contribution in [2.45, 2.75) is 18.6 Å². The molecule has 1 saturated heterocycles. The Morgan fingerprint density at radius 2 is 2.07 bits per heavy atom. The molecule has 0 saturated carbocycles. The summed E-state index contributed by atoms with van der Waals surface area (Å²) in [7, 11) is 1.56. The number of aliphatic imine (C=N–C) groups is 1. The van der Waals surface area contributed by atoms with Crippen LogP contribution >= 0.6 is 23.4 Å². The molecule has 1 N–H and O–H groups in total. The first-order valence-electron chi connectivity index (χ1n) is 8.18. The predicted molar refractivity (Wildman–Crippen MR) is 108 cm³/mol. The Morgan fingerprint density at radius 3 is 2.74 bits per heavy atom. The van der Waals surface area contributed by atoms with Crippen molar-refractivity contribution in [1.82, 2.24) is 0 Å². The Balaban J connectivity index is 1.74. The number of thioether (sulfide) groups is 1. The van der Waals surface area contributed by atoms with Crippen LogP contribution in [0.3, 0.4) is 0 Å². The molecule has 1 aliphatic rings. The van der Waals surface area contributed by atoms with Crippen molar-refractivity contribution in [1.29, 1.82) is 0 Å². The summed E-state index contributed by atoms with van der Waals surface area (Å²) in [5.74, 6) is -0.999. The van der Waals surface area contributed by atoms with E-state index in [4.69, 9.17) is 11.6 Å². The number of hydrogen-bond donors (Lipinski definition) is 1. The van der Waals surface area contributed by atoms with Gasteiger partial charge >= 0.3 is 0 Å². The van der Waals surface area contributed by atoms with E-state index < -0.39 is 5.25 Å². The molecule has 2 amide bonds. The Morgan fingerprint density at radius 1 is 1.30 bits per heavy atom. The number of amidine groups is 1. The van der Waals surface area contributed by atoms with Gasteiger partial charge in [0.25, 0.3) is 0 Å². The second-order valence-corrected chi connectivity index (χ2v) is 7.57. The molecule has 2 aromatic carbocycles. The van der Waals surface area contributed by atoms with Crippen molar-refractivity contribution in [3.8, 4) is 0 Å². The maximum absolute atomic E-state index is 13.3. The Kier molecular flexibility index (Phi) is 5.82. The smallest absolute Gasteiger partial charge is 0.247 e. The normalized spacial score (nSPS) is 17.6. The molecule has 27 heavy (non-hydrogen) atoms. The van der Waals surface area contributed by atoms with Gasteiger partial charge in [-0.2, -0.15) is 0 Å². The largest absolute Gasteiger partial charge is 0.335 e. The zero-order valence-corrected chi connectivity index (χ0v) is 16.3. The van der Waals surface area contributed by atoms with E-state index in [-0.39, 0.29) is 24.1 Å². The van der Waals surface area contributed by atoms with Gasteiger partial charge in [-0.1, -0.05) is 35.5 Å². The summed E-state index contributed by atoms with van der Waals surface area (Å²) >= 11 is 7.26. The molecule has 1 atom stereocenters. The average Bonchev–Trinajstić information content (AvgIpc) is 2.90. The molecule has 0 aromatic heterocycles. The van der Waals surface area contributed by atoms with Gasteiger partial charge in [0, 0.05) is 24.2 Å². The molecular formula is C19H17ClFN3O2S. The van der Waals surface area contributed by atoms with Crippen molar-refractivity contribution in [2.24, 2.45) is 4.99 Å². The summed E-state index contributed by atoms with van der Waals surface area (Å²) in [4.78, 5) is 30.4. The number of amides is 2. The Labute approximate surface area is 165 Å². The van der Waals surface area contributed by atoms with Gasteiger partial charge in [0.05, 0.1) is 5.69 Å². The van der Waals surface area contributed by atoms with Crippen molar-refractivity contribution < 1.29 is 14.0 Å². The van der Waals surface area contributed by atoms with Crippen molar-refractivity contribution in [3.05, 3.63) is 58.9 Å². The van der Waals surface area contributed by atoms with E-state index in [1.165, 1.54) is 12.1 Å². The maximum atomic E-state index is 13.3. The minimum atomic E-state index is -0.614. The van der Waals surface area contributed by atoms with Gasteiger partial charge in [-0.05, 0) is 42.8 Å². The van der Waals surface area contributed by atoms with E-state index in [0.717, 1.165) is 22.2 Å². The van der Waals surface area contributed by atoms with Gasteiger partial charge in [-0.15, -0.1) is 0 Å². The predicted octanol–water partition coefficient (Wildman–Crippen LogP) is 4.25. The number of halogens is 2. The Bertz CT molecular complexity index is 935. The lowest BCUT2D eigenvalue weighted by Gasteiger charge is -2.16. The molecule has 0 unspecified atom stereocenters. The van der Waals surface area contributed by atoms with Crippen LogP contribution in [-0.2, 0) is 9.59 Å². The number of hydrogen-bond acceptors (Lipinski definition) is 4. The molecule has 3 rings (SSSR count). The van der Waals surface area contributed by atoms with Gasteiger partial charge in [0.1, 0.15) is 11.1 Å². The van der Waals surface area contributed by atoms with E-state index in [9.17, 15) is 14.0 Å². The van der Waals surface area contributed by atoms with Crippen molar-refractivity contribution >= 4 is 51.7 Å². The van der Waals surface area contributed by atoms with Gasteiger partial charge in [-0.25, -0.2) is 9.29 Å². The minimum Gasteiger partial charge on any atom is -0.335 e. The van der Waals surface area contributed by atoms with Crippen LogP contribution in [0.2, 0.25) is 5.02 Å². The van der Waals surface area contributed by atoms with Crippen LogP contribution in [0.4, 0.5) is 15.8 Å². The molecule has 140 valence electrons. The quantitative estimate of drug-likeness (QED) is 0.471. The molecule has 2 aromatic rings. The van der Waals surface area contributed by atoms with Crippen LogP contribution < -0.4 is 10.2 Å². The number of nitrogens with one attached hydrogen (secondary N) is 1. The summed E-state index contributed by atoms with van der Waals surface area (Å²) in [5.41, 5.74) is 1.84. The summed E-state index contributed by atoms with van der Waals surface area (Å²) in [5, 5.41) is 3.28. The SMILES string of the molecule is CN=C(Nc1cccc(F)c1)S[C@@H]1CC(=O)N(c2ccc(C)c(Cl)c2)C1=O. The first-order valence-corrected chi connectivity index (χ1v) is 9.44. The summed E-state index contributed by atoms with van der Waals surface area (Å²) < 4.78 is 13.3. The van der Waals surface area contributed by atoms with Gasteiger partial charge in [-0.3, -0.25) is 14.6 Å². The third-order valence-electron chi connectivity index (χ3n) is 4.05. The highest BCUT2D eigenvalue weighted by Gasteiger charge is 2.40. The zero-order valence-electron chi connectivity index (χ0n) is 14.7. The van der Waals surface area contributed by atoms with Crippen LogP contribution in [-0.4, -0.2) is 29.3 Å². The molecule has 8 heteroatoms. The van der Waals surface area contributed by atoms with Crippen LogP contribution in [0.5, 0.6) is 0 Å². The topological polar surface area (TPSA) is 61.8 Å². The van der Waals surface area contributed by atoms with Crippen LogP contribution in [0, 0.1) is 12.7 Å². The highest BCUT2D eigenvalue weighted by atomic mass is 35.5. The van der Waals surface area contributed by atoms with Gasteiger partial charge < -0.3 is 5.32 Å². The highest BCUT2D eigenvalue weighted by Crippen LogP contribution is 2.32. The number of carbonyl (C=O) groups excluding carboxylic acids is 2. The maximum Gasteiger partial charge on any atom is 0.247 e. The van der Waals surface area contributed by atoms with Crippen LogP contribution in [0.15, 0.2) is 47.5 Å². The third-order valence-corrected chi connectivity index (χ3v) is 5.62. The number of rotatable bonds is 3. The molecule has 5 nitrogen and oxygen atoms in total. The van der Waals surface area contributed by atoms with Gasteiger partial charge in [0.2, 0.25) is 11.8 Å². The number of nitrogens with zero attached hydrogens (tertiary/aromatic N) is 2. The average molecular weight is 406 g/mol. The molecule has 0 radical (unpaired) electrons. The summed E-state index contributed by atoms with van der Waals surface area (Å²) in [6, 6.07) is 11.0. The molecule has 0 spiro atoms. The van der Waals surface area contributed by atoms with E-state index in [1.807, 2.05) is 6.92 Å². The molecule has 1 fully saturated rings. The Hall–Kier alpha value is -2.38. The fourth-order valence-corrected chi connectivity index (χ4v) is 3.81. The van der Waals surface area contributed by atoms with Crippen LogP contribution in [0.1, 0.15) is 12.0 Å². The van der Waals surface area contributed by atoms with E-state index in [1.54, 1.807) is 37.4 Å². The zero-order chi connectivity index (χ0) is 19.6. The fourth-order valence-electron chi connectivity index (χ4n) is 2.65. The minimum absolute atomic E-state index is 0.0544. The lowest BCUT2D eigenvalue weighted by molar-refractivity contribution is -0.121. The number of benzene rings is 2. The van der Waals surface area contributed by atoms with E-state index in [0.29, 0.717) is 21.6 Å². The lowest BCUT2D eigenvalue weighted by Crippen LogP contribution is -2.31. The molecule has 1 heterocycles. The second kappa shape index (κ2) is 8.10. The molecule has 0 bridgehead atoms. The molecule has 1 aliphatic heterocycles. The number of aryl methyl sites for hydroxylation is 1. The number of imide groups is 1. The fraction of sp³-hybridized carbons (Fsp3) is 0.211. The lowest BCUT2D eigenvalue weighted by atomic mass is 10.2. The van der Waals surface area contributed by atoms with E-state index in [2.05, 4.69) is 10.3 Å². The van der Waals surface area contributed by atoms with E-state index >= 15 is 0 Å². The second-order valence-electron chi connectivity index (χ2n) is 5.98. The summed E-state index contributed by atoms with van der Waals surface area (Å²) in [6.07, 6.45) is 0.0544. The standard InChI is InChI=1S/C19H17ClFN3O2S/c1-11-6-7-14(9-15(11)20)24-17(25)10-16(18(24)26)27-19(22-2)23-13-5-3-4-12(21)8-13/h3-9,16H,10H2,1-2H3,(H,22,23)/t16-/m1/s1. The van der Waals surface area contributed by atoms with Gasteiger partial charge in [0.15, 0.2) is 5.17 Å².